The van der Waals surface area contributed by atoms with Crippen molar-refractivity contribution in [3.8, 4) is 0 Å². The lowest BCUT2D eigenvalue weighted by molar-refractivity contribution is -0.116. The molecule has 4 aromatic rings. The molecule has 1 N–H and O–H groups in total. The smallest absolute Gasteiger partial charge is 0.306 e. The van der Waals surface area contributed by atoms with E-state index in [1.165, 1.54) is 59.6 Å². The van der Waals surface area contributed by atoms with Gasteiger partial charge in [0.25, 0.3) is 10.0 Å². The Bertz CT molecular complexity index is 1710. The zero-order valence-electron chi connectivity index (χ0n) is 20.4. The number of anilines is 1. The first kappa shape index (κ1) is 25.8. The van der Waals surface area contributed by atoms with Crippen molar-refractivity contribution in [1.29, 1.82) is 0 Å². The Hall–Kier alpha value is -3.83. The van der Waals surface area contributed by atoms with Gasteiger partial charge in [-0.3, -0.25) is 9.69 Å². The lowest BCUT2D eigenvalue weighted by Gasteiger charge is -2.31. The van der Waals surface area contributed by atoms with Crippen molar-refractivity contribution in [1.82, 2.24) is 14.1 Å². The number of carbonyl (C=O) groups is 2. The molecule has 0 aliphatic carbocycles. The number of hydrogen-bond acceptors (Lipinski definition) is 5. The highest BCUT2D eigenvalue weighted by Crippen LogP contribution is 2.34. The number of halogens is 2. The third-order valence-corrected chi connectivity index (χ3v) is 8.61. The number of aromatic nitrogens is 2. The van der Waals surface area contributed by atoms with Crippen molar-refractivity contribution in [3.63, 3.8) is 0 Å². The normalized spacial score (nSPS) is 15.7. The van der Waals surface area contributed by atoms with Gasteiger partial charge < -0.3 is 5.32 Å². The summed E-state index contributed by atoms with van der Waals surface area (Å²) in [6.07, 6.45) is 2.73. The summed E-state index contributed by atoms with van der Waals surface area (Å²) in [4.78, 5) is 26.9. The molecule has 0 saturated heterocycles. The molecule has 8 nitrogen and oxygen atoms in total. The Balaban J connectivity index is 1.52. The summed E-state index contributed by atoms with van der Waals surface area (Å²) >= 11 is 3.46. The van der Waals surface area contributed by atoms with Gasteiger partial charge in [-0.2, -0.15) is 17.6 Å². The number of rotatable bonds is 4. The van der Waals surface area contributed by atoms with E-state index in [2.05, 4.69) is 26.3 Å². The highest BCUT2D eigenvalue weighted by atomic mass is 79.9. The number of aryl methyl sites for hydroxylation is 2. The minimum absolute atomic E-state index is 0.0382. The van der Waals surface area contributed by atoms with Crippen molar-refractivity contribution in [2.24, 2.45) is 0 Å². The van der Waals surface area contributed by atoms with Gasteiger partial charge in [0.15, 0.2) is 5.78 Å². The molecule has 194 valence electrons. The summed E-state index contributed by atoms with van der Waals surface area (Å²) in [7, 11) is -4.01. The van der Waals surface area contributed by atoms with E-state index >= 15 is 0 Å². The van der Waals surface area contributed by atoms with Crippen molar-refractivity contribution < 1.29 is 22.4 Å². The lowest BCUT2D eigenvalue weighted by atomic mass is 9.97. The van der Waals surface area contributed by atoms with Gasteiger partial charge in [-0.1, -0.05) is 29.8 Å². The number of fused-ring (bicyclic) bond motifs is 1. The van der Waals surface area contributed by atoms with Gasteiger partial charge in [0.05, 0.1) is 27.8 Å². The highest BCUT2D eigenvalue weighted by molar-refractivity contribution is 9.10. The molecule has 1 atom stereocenters. The summed E-state index contributed by atoms with van der Waals surface area (Å²) in [5.41, 5.74) is 2.63. The van der Waals surface area contributed by atoms with E-state index in [4.69, 9.17) is 0 Å². The molecule has 2 heterocycles. The topological polar surface area (TPSA) is 101 Å². The van der Waals surface area contributed by atoms with E-state index in [1.807, 2.05) is 6.92 Å². The molecule has 2 amide bonds. The Morgan fingerprint density at radius 3 is 2.45 bits per heavy atom. The lowest BCUT2D eigenvalue weighted by Crippen LogP contribution is -2.37. The molecule has 0 bridgehead atoms. The maximum Gasteiger partial charge on any atom is 0.326 e. The molecule has 11 heteroatoms. The van der Waals surface area contributed by atoms with Gasteiger partial charge in [-0.25, -0.2) is 9.18 Å². The SMILES string of the molecule is Cc1ccc(S(=O)(=O)n2nc(C)c3cc(Br)c(NC(=O)N4C=CC(=O)C[C@H]4c4ccc(F)cc4)cc32)cc1. The summed E-state index contributed by atoms with van der Waals surface area (Å²) in [5.74, 6) is -0.584. The van der Waals surface area contributed by atoms with Crippen LogP contribution in [0.1, 0.15) is 29.3 Å². The van der Waals surface area contributed by atoms with Crippen molar-refractivity contribution in [2.45, 2.75) is 31.2 Å². The molecule has 0 saturated carbocycles. The first-order valence-corrected chi connectivity index (χ1v) is 13.8. The zero-order valence-corrected chi connectivity index (χ0v) is 22.8. The van der Waals surface area contributed by atoms with Crippen molar-refractivity contribution >= 4 is 54.4 Å². The number of nitrogens with zero attached hydrogens (tertiary/aromatic N) is 3. The summed E-state index contributed by atoms with van der Waals surface area (Å²) < 4.78 is 41.8. The van der Waals surface area contributed by atoms with Gasteiger partial charge in [0.2, 0.25) is 0 Å². The Morgan fingerprint density at radius 1 is 1.08 bits per heavy atom. The van der Waals surface area contributed by atoms with Crippen LogP contribution in [0.2, 0.25) is 0 Å². The third kappa shape index (κ3) is 4.74. The van der Waals surface area contributed by atoms with Gasteiger partial charge in [0.1, 0.15) is 5.82 Å². The van der Waals surface area contributed by atoms with E-state index in [0.717, 1.165) is 9.65 Å². The fourth-order valence-electron chi connectivity index (χ4n) is 4.32. The molecule has 0 radical (unpaired) electrons. The Labute approximate surface area is 226 Å². The average Bonchev–Trinajstić information content (AvgIpc) is 3.20. The average molecular weight is 597 g/mol. The van der Waals surface area contributed by atoms with Crippen LogP contribution < -0.4 is 5.32 Å². The number of carbonyl (C=O) groups excluding carboxylic acids is 2. The molecule has 0 spiro atoms. The fraction of sp³-hybridized carbons (Fsp3) is 0.148. The maximum absolute atomic E-state index is 13.5. The molecule has 1 aliphatic heterocycles. The van der Waals surface area contributed by atoms with E-state index in [9.17, 15) is 22.4 Å². The van der Waals surface area contributed by atoms with Crippen LogP contribution in [0.3, 0.4) is 0 Å². The monoisotopic (exact) mass is 596 g/mol. The first-order chi connectivity index (χ1) is 18.0. The third-order valence-electron chi connectivity index (χ3n) is 6.35. The van der Waals surface area contributed by atoms with Crippen LogP contribution >= 0.6 is 15.9 Å². The number of nitrogens with one attached hydrogen (secondary N) is 1. The molecule has 1 aliphatic rings. The largest absolute Gasteiger partial charge is 0.326 e. The molecular formula is C27H22BrFN4O4S. The predicted molar refractivity (Wildman–Crippen MR) is 145 cm³/mol. The van der Waals surface area contributed by atoms with Crippen LogP contribution in [0.4, 0.5) is 14.9 Å². The quantitative estimate of drug-likeness (QED) is 0.318. The predicted octanol–water partition coefficient (Wildman–Crippen LogP) is 5.85. The van der Waals surface area contributed by atoms with Crippen LogP contribution in [0.25, 0.3) is 10.9 Å². The van der Waals surface area contributed by atoms with E-state index in [-0.39, 0.29) is 17.1 Å². The molecule has 1 aromatic heterocycles. The van der Waals surface area contributed by atoms with Crippen LogP contribution in [-0.2, 0) is 14.8 Å². The summed E-state index contributed by atoms with van der Waals surface area (Å²) in [5, 5.41) is 7.68. The van der Waals surface area contributed by atoms with E-state index < -0.39 is 27.9 Å². The first-order valence-electron chi connectivity index (χ1n) is 11.6. The molecule has 5 rings (SSSR count). The van der Waals surface area contributed by atoms with Gasteiger partial charge in [0, 0.05) is 22.5 Å². The highest BCUT2D eigenvalue weighted by Gasteiger charge is 2.30. The van der Waals surface area contributed by atoms with Crippen LogP contribution in [-0.4, -0.2) is 34.3 Å². The van der Waals surface area contributed by atoms with Gasteiger partial charge >= 0.3 is 6.03 Å². The van der Waals surface area contributed by atoms with E-state index in [0.29, 0.717) is 32.3 Å². The second kappa shape index (κ2) is 9.80. The molecule has 38 heavy (non-hydrogen) atoms. The number of allylic oxidation sites excluding steroid dienone is 1. The number of amides is 2. The van der Waals surface area contributed by atoms with Crippen molar-refractivity contribution in [2.75, 3.05) is 5.32 Å². The maximum atomic E-state index is 13.5. The second-order valence-corrected chi connectivity index (χ2v) is 11.6. The van der Waals surface area contributed by atoms with Gasteiger partial charge in [-0.05, 0) is 77.8 Å². The number of urea groups is 1. The molecular weight excluding hydrogens is 575 g/mol. The van der Waals surface area contributed by atoms with Crippen LogP contribution in [0.15, 0.2) is 82.3 Å². The fourth-order valence-corrected chi connectivity index (χ4v) is 6.08. The van der Waals surface area contributed by atoms with E-state index in [1.54, 1.807) is 25.1 Å². The second-order valence-electron chi connectivity index (χ2n) is 8.99. The molecule has 0 unspecified atom stereocenters. The van der Waals surface area contributed by atoms with Crippen LogP contribution in [0.5, 0.6) is 0 Å². The number of benzene rings is 3. The number of hydrogen-bond donors (Lipinski definition) is 1. The van der Waals surface area contributed by atoms with Crippen molar-refractivity contribution in [3.05, 3.63) is 100 Å². The molecule has 3 aromatic carbocycles. The summed E-state index contributed by atoms with van der Waals surface area (Å²) in [6.45, 7) is 3.57. The Morgan fingerprint density at radius 2 is 1.76 bits per heavy atom. The summed E-state index contributed by atoms with van der Waals surface area (Å²) in [6, 6.07) is 14.1. The number of ketones is 1. The van der Waals surface area contributed by atoms with Crippen LogP contribution in [0, 0.1) is 19.7 Å². The van der Waals surface area contributed by atoms with Gasteiger partial charge in [-0.15, -0.1) is 0 Å². The minimum atomic E-state index is -4.01. The molecule has 0 fully saturated rings. The standard InChI is InChI=1S/C27H22BrFN4O4S/c1-16-3-9-21(10-4-16)38(36,37)33-26-15-24(23(28)14-22(26)17(2)31-33)30-27(35)32-12-11-20(34)13-25(32)18-5-7-19(29)8-6-18/h3-12,14-15,25H,13H2,1-2H3,(H,30,35)/t25-/m0/s1. The minimum Gasteiger partial charge on any atom is -0.306 e. The Kier molecular flexibility index (Phi) is 6.66. The zero-order chi connectivity index (χ0) is 27.2.